The number of rotatable bonds is 3. The van der Waals surface area contributed by atoms with E-state index in [9.17, 15) is 0 Å². The average molecular weight is 190 g/mol. The second kappa shape index (κ2) is 5.19. The summed E-state index contributed by atoms with van der Waals surface area (Å²) in [5.41, 5.74) is 12.4. The third-order valence-electron chi connectivity index (χ3n) is 1.84. The molecule has 4 N–H and O–H groups in total. The van der Waals surface area contributed by atoms with Crippen molar-refractivity contribution in [1.82, 2.24) is 4.57 Å². The molecular weight excluding hydrogens is 174 g/mol. The van der Waals surface area contributed by atoms with Crippen molar-refractivity contribution in [3.05, 3.63) is 24.0 Å². The molecular formula is C8H16ClN3. The minimum absolute atomic E-state index is 0. The molecule has 0 unspecified atom stereocenters. The summed E-state index contributed by atoms with van der Waals surface area (Å²) in [5, 5.41) is 0. The van der Waals surface area contributed by atoms with Crippen molar-refractivity contribution < 1.29 is 0 Å². The van der Waals surface area contributed by atoms with Crippen LogP contribution in [0.5, 0.6) is 0 Å². The van der Waals surface area contributed by atoms with Gasteiger partial charge in [-0.05, 0) is 25.1 Å². The molecule has 0 aliphatic carbocycles. The van der Waals surface area contributed by atoms with Crippen LogP contribution < -0.4 is 11.5 Å². The van der Waals surface area contributed by atoms with Gasteiger partial charge in [-0.3, -0.25) is 0 Å². The van der Waals surface area contributed by atoms with Crippen LogP contribution in [0.1, 0.15) is 18.2 Å². The lowest BCUT2D eigenvalue weighted by molar-refractivity contribution is 0.615. The number of nitrogens with zero attached hydrogens (tertiary/aromatic N) is 1. The highest BCUT2D eigenvalue weighted by molar-refractivity contribution is 5.85. The Hall–Kier alpha value is -0.510. The number of aryl methyl sites for hydroxylation is 1. The van der Waals surface area contributed by atoms with Gasteiger partial charge in [0, 0.05) is 25.0 Å². The molecule has 0 aliphatic heterocycles. The lowest BCUT2D eigenvalue weighted by Crippen LogP contribution is -2.17. The normalized spacial score (nSPS) is 12.2. The van der Waals surface area contributed by atoms with Crippen molar-refractivity contribution in [2.45, 2.75) is 12.5 Å². The van der Waals surface area contributed by atoms with Gasteiger partial charge in [0.15, 0.2) is 0 Å². The summed E-state index contributed by atoms with van der Waals surface area (Å²) in [6.07, 6.45) is 2.84. The Morgan fingerprint density at radius 2 is 2.25 bits per heavy atom. The fourth-order valence-electron chi connectivity index (χ4n) is 1.19. The largest absolute Gasteiger partial charge is 0.353 e. The molecule has 12 heavy (non-hydrogen) atoms. The number of aromatic nitrogens is 1. The summed E-state index contributed by atoms with van der Waals surface area (Å²) >= 11 is 0. The lowest BCUT2D eigenvalue weighted by atomic mass is 10.1. The van der Waals surface area contributed by atoms with Crippen molar-refractivity contribution in [1.29, 1.82) is 0 Å². The molecule has 1 aromatic rings. The van der Waals surface area contributed by atoms with Crippen LogP contribution in [0.15, 0.2) is 18.3 Å². The number of nitrogens with two attached hydrogens (primary N) is 2. The van der Waals surface area contributed by atoms with E-state index in [-0.39, 0.29) is 18.4 Å². The number of hydrogen-bond acceptors (Lipinski definition) is 2. The van der Waals surface area contributed by atoms with Crippen molar-refractivity contribution in [3.63, 3.8) is 0 Å². The molecule has 0 saturated heterocycles. The Bertz CT molecular complexity index is 222. The summed E-state index contributed by atoms with van der Waals surface area (Å²) in [6, 6.07) is 4.10. The summed E-state index contributed by atoms with van der Waals surface area (Å²) in [7, 11) is 1.99. The summed E-state index contributed by atoms with van der Waals surface area (Å²) in [5.74, 6) is 0. The molecule has 4 heteroatoms. The molecule has 0 fully saturated rings. The van der Waals surface area contributed by atoms with E-state index in [1.54, 1.807) is 0 Å². The molecule has 1 aromatic heterocycles. The highest BCUT2D eigenvalue weighted by atomic mass is 35.5. The van der Waals surface area contributed by atoms with E-state index in [1.807, 2.05) is 29.9 Å². The van der Waals surface area contributed by atoms with Crippen LogP contribution in [0.3, 0.4) is 0 Å². The predicted molar refractivity (Wildman–Crippen MR) is 53.3 cm³/mol. The van der Waals surface area contributed by atoms with Crippen LogP contribution in [0.25, 0.3) is 0 Å². The zero-order valence-electron chi connectivity index (χ0n) is 7.23. The number of hydrogen-bond donors (Lipinski definition) is 2. The summed E-state index contributed by atoms with van der Waals surface area (Å²) < 4.78 is 2.03. The van der Waals surface area contributed by atoms with Gasteiger partial charge in [-0.15, -0.1) is 12.4 Å². The maximum absolute atomic E-state index is 5.85. The maximum Gasteiger partial charge on any atom is 0.0461 e. The van der Waals surface area contributed by atoms with Crippen molar-refractivity contribution in [2.75, 3.05) is 6.54 Å². The molecule has 70 valence electrons. The predicted octanol–water partition coefficient (Wildman–Crippen LogP) is 0.796. The molecule has 1 atom stereocenters. The zero-order chi connectivity index (χ0) is 8.27. The maximum atomic E-state index is 5.85. The molecule has 0 aromatic carbocycles. The van der Waals surface area contributed by atoms with Gasteiger partial charge in [-0.1, -0.05) is 0 Å². The van der Waals surface area contributed by atoms with Gasteiger partial charge in [0.05, 0.1) is 0 Å². The Kier molecular flexibility index (Phi) is 4.97. The van der Waals surface area contributed by atoms with E-state index in [2.05, 4.69) is 0 Å². The highest BCUT2D eigenvalue weighted by Gasteiger charge is 2.06. The van der Waals surface area contributed by atoms with Gasteiger partial charge < -0.3 is 16.0 Å². The fraction of sp³-hybridized carbons (Fsp3) is 0.500. The molecule has 0 amide bonds. The third-order valence-corrected chi connectivity index (χ3v) is 1.84. The van der Waals surface area contributed by atoms with Gasteiger partial charge in [0.2, 0.25) is 0 Å². The van der Waals surface area contributed by atoms with Crippen LogP contribution in [0.2, 0.25) is 0 Å². The highest BCUT2D eigenvalue weighted by Crippen LogP contribution is 2.12. The standard InChI is InChI=1S/C8H15N3.ClH/c1-11-6-2-3-8(11)7(10)4-5-9;/h2-3,6-7H,4-5,9-10H2,1H3;1H/t7-;/m0./s1. The van der Waals surface area contributed by atoms with Crippen LogP contribution in [0.4, 0.5) is 0 Å². The topological polar surface area (TPSA) is 57.0 Å². The van der Waals surface area contributed by atoms with Gasteiger partial charge in [-0.25, -0.2) is 0 Å². The molecule has 0 aliphatic rings. The van der Waals surface area contributed by atoms with Gasteiger partial charge in [-0.2, -0.15) is 0 Å². The second-order valence-corrected chi connectivity index (χ2v) is 2.73. The van der Waals surface area contributed by atoms with E-state index < -0.39 is 0 Å². The summed E-state index contributed by atoms with van der Waals surface area (Å²) in [4.78, 5) is 0. The van der Waals surface area contributed by atoms with Crippen molar-refractivity contribution in [2.24, 2.45) is 18.5 Å². The average Bonchev–Trinajstić information content (AvgIpc) is 2.36. The first-order valence-corrected chi connectivity index (χ1v) is 3.82. The first-order valence-electron chi connectivity index (χ1n) is 3.82. The van der Waals surface area contributed by atoms with Gasteiger partial charge in [0.1, 0.15) is 0 Å². The monoisotopic (exact) mass is 189 g/mol. The van der Waals surface area contributed by atoms with Crippen LogP contribution in [-0.2, 0) is 7.05 Å². The molecule has 0 saturated carbocycles. The molecule has 3 nitrogen and oxygen atoms in total. The minimum atomic E-state index is 0. The van der Waals surface area contributed by atoms with Crippen LogP contribution in [-0.4, -0.2) is 11.1 Å². The van der Waals surface area contributed by atoms with Gasteiger partial charge >= 0.3 is 0 Å². The zero-order valence-corrected chi connectivity index (χ0v) is 8.05. The molecule has 0 spiro atoms. The minimum Gasteiger partial charge on any atom is -0.353 e. The van der Waals surface area contributed by atoms with Crippen LogP contribution in [0, 0.1) is 0 Å². The molecule has 0 bridgehead atoms. The smallest absolute Gasteiger partial charge is 0.0461 e. The number of halogens is 1. The first kappa shape index (κ1) is 11.5. The Morgan fingerprint density at radius 1 is 1.58 bits per heavy atom. The second-order valence-electron chi connectivity index (χ2n) is 2.73. The SMILES string of the molecule is Cl.Cn1cccc1[C@@H](N)CCN. The Balaban J connectivity index is 0.00000121. The van der Waals surface area contributed by atoms with E-state index in [0.29, 0.717) is 6.54 Å². The van der Waals surface area contributed by atoms with Crippen LogP contribution >= 0.6 is 12.4 Å². The van der Waals surface area contributed by atoms with E-state index >= 15 is 0 Å². The fourth-order valence-corrected chi connectivity index (χ4v) is 1.19. The molecule has 1 rings (SSSR count). The van der Waals surface area contributed by atoms with Crippen molar-refractivity contribution >= 4 is 12.4 Å². The molecule has 1 heterocycles. The van der Waals surface area contributed by atoms with Crippen molar-refractivity contribution in [3.8, 4) is 0 Å². The Labute approximate surface area is 79.1 Å². The Morgan fingerprint density at radius 3 is 2.67 bits per heavy atom. The van der Waals surface area contributed by atoms with E-state index in [1.165, 1.54) is 0 Å². The summed E-state index contributed by atoms with van der Waals surface area (Å²) in [6.45, 7) is 0.645. The molecule has 0 radical (unpaired) electrons. The quantitative estimate of drug-likeness (QED) is 0.739. The van der Waals surface area contributed by atoms with E-state index in [0.717, 1.165) is 12.1 Å². The third kappa shape index (κ3) is 2.52. The first-order chi connectivity index (χ1) is 5.25. The lowest BCUT2D eigenvalue weighted by Gasteiger charge is -2.10. The van der Waals surface area contributed by atoms with E-state index in [4.69, 9.17) is 11.5 Å². The van der Waals surface area contributed by atoms with Gasteiger partial charge in [0.25, 0.3) is 0 Å².